The minimum absolute atomic E-state index is 0.264. The molecule has 4 heteroatoms. The number of carboxylic acids is 1. The highest BCUT2D eigenvalue weighted by Gasteiger charge is 2.52. The number of carboxylic acid groups (broad SMARTS) is 1. The summed E-state index contributed by atoms with van der Waals surface area (Å²) in [6.45, 7) is 0. The van der Waals surface area contributed by atoms with Crippen LogP contribution in [0.1, 0.15) is 18.4 Å². The Kier molecular flexibility index (Phi) is 2.48. The van der Waals surface area contributed by atoms with Crippen LogP contribution in [0.5, 0.6) is 0 Å². The van der Waals surface area contributed by atoms with Crippen LogP contribution in [0.25, 0.3) is 10.4 Å². The summed E-state index contributed by atoms with van der Waals surface area (Å²) in [6.07, 6.45) is 1.42. The lowest BCUT2D eigenvalue weighted by Gasteiger charge is -2.05. The highest BCUT2D eigenvalue weighted by Crippen LogP contribution is 2.50. The normalized spacial score (nSPS) is 16.5. The zero-order chi connectivity index (χ0) is 12.8. The first-order valence-electron chi connectivity index (χ1n) is 5.70. The third-order valence-electron chi connectivity index (χ3n) is 3.44. The van der Waals surface area contributed by atoms with E-state index in [4.69, 9.17) is 0 Å². The van der Waals surface area contributed by atoms with Gasteiger partial charge in [0, 0.05) is 4.88 Å². The van der Waals surface area contributed by atoms with Crippen molar-refractivity contribution >= 4 is 17.3 Å². The maximum atomic E-state index is 12.8. The van der Waals surface area contributed by atoms with Gasteiger partial charge < -0.3 is 5.11 Å². The minimum atomic E-state index is -0.744. The highest BCUT2D eigenvalue weighted by molar-refractivity contribution is 7.13. The van der Waals surface area contributed by atoms with Gasteiger partial charge in [-0.3, -0.25) is 4.79 Å². The second kappa shape index (κ2) is 3.92. The van der Waals surface area contributed by atoms with Crippen LogP contribution >= 0.6 is 11.3 Å². The number of aliphatic carboxylic acids is 1. The molecule has 18 heavy (non-hydrogen) atoms. The molecule has 0 radical (unpaired) electrons. The maximum absolute atomic E-state index is 12.8. The molecule has 2 nitrogen and oxygen atoms in total. The van der Waals surface area contributed by atoms with Crippen LogP contribution in [0.2, 0.25) is 0 Å². The van der Waals surface area contributed by atoms with Gasteiger partial charge in [-0.25, -0.2) is 4.39 Å². The van der Waals surface area contributed by atoms with Crippen molar-refractivity contribution < 1.29 is 14.3 Å². The first-order valence-corrected chi connectivity index (χ1v) is 6.58. The van der Waals surface area contributed by atoms with Crippen molar-refractivity contribution in [2.45, 2.75) is 18.3 Å². The van der Waals surface area contributed by atoms with Gasteiger partial charge in [-0.15, -0.1) is 11.3 Å². The van der Waals surface area contributed by atoms with E-state index in [1.807, 2.05) is 11.4 Å². The topological polar surface area (TPSA) is 37.3 Å². The number of rotatable bonds is 3. The lowest BCUT2D eigenvalue weighted by molar-refractivity contribution is -0.140. The van der Waals surface area contributed by atoms with Gasteiger partial charge in [-0.1, -0.05) is 12.1 Å². The fourth-order valence-electron chi connectivity index (χ4n) is 2.10. The summed E-state index contributed by atoms with van der Waals surface area (Å²) in [5, 5.41) is 11.1. The molecule has 1 aromatic heterocycles. The van der Waals surface area contributed by atoms with Gasteiger partial charge in [-0.05, 0) is 47.5 Å². The zero-order valence-corrected chi connectivity index (χ0v) is 10.3. The summed E-state index contributed by atoms with van der Waals surface area (Å²) in [7, 11) is 0. The second-order valence-electron chi connectivity index (χ2n) is 4.59. The number of hydrogen-bond donors (Lipinski definition) is 1. The second-order valence-corrected chi connectivity index (χ2v) is 5.51. The minimum Gasteiger partial charge on any atom is -0.481 e. The van der Waals surface area contributed by atoms with Crippen molar-refractivity contribution in [3.05, 3.63) is 47.1 Å². The lowest BCUT2D eigenvalue weighted by atomic mass is 9.98. The molecule has 1 aliphatic carbocycles. The summed E-state index contributed by atoms with van der Waals surface area (Å²) >= 11 is 1.51. The molecule has 0 atom stereocenters. The van der Waals surface area contributed by atoms with Crippen molar-refractivity contribution in [1.29, 1.82) is 0 Å². The number of thiophene rings is 1. The molecule has 1 aliphatic rings. The molecule has 3 rings (SSSR count). The largest absolute Gasteiger partial charge is 0.481 e. The van der Waals surface area contributed by atoms with E-state index in [-0.39, 0.29) is 5.82 Å². The van der Waals surface area contributed by atoms with Gasteiger partial charge in [0.1, 0.15) is 5.82 Å². The third-order valence-corrected chi connectivity index (χ3v) is 4.42. The molecular formula is C14H11FO2S. The van der Waals surface area contributed by atoms with Gasteiger partial charge in [0.05, 0.1) is 5.41 Å². The molecule has 2 aromatic rings. The molecule has 0 aliphatic heterocycles. The van der Waals surface area contributed by atoms with E-state index in [0.717, 1.165) is 16.0 Å². The van der Waals surface area contributed by atoms with Crippen molar-refractivity contribution in [1.82, 2.24) is 0 Å². The van der Waals surface area contributed by atoms with Gasteiger partial charge >= 0.3 is 5.97 Å². The van der Waals surface area contributed by atoms with Crippen LogP contribution in [0.3, 0.4) is 0 Å². The summed E-state index contributed by atoms with van der Waals surface area (Å²) in [5.74, 6) is -1.01. The van der Waals surface area contributed by atoms with E-state index < -0.39 is 11.4 Å². The Bertz CT molecular complexity index is 597. The molecule has 0 unspecified atom stereocenters. The lowest BCUT2D eigenvalue weighted by Crippen LogP contribution is -2.18. The zero-order valence-electron chi connectivity index (χ0n) is 9.52. The summed E-state index contributed by atoms with van der Waals surface area (Å²) in [4.78, 5) is 12.2. The molecule has 0 bridgehead atoms. The Labute approximate surface area is 108 Å². The average Bonchev–Trinajstić information content (AvgIpc) is 3.03. The predicted octanol–water partition coefficient (Wildman–Crippen LogP) is 3.67. The van der Waals surface area contributed by atoms with E-state index >= 15 is 0 Å². The van der Waals surface area contributed by atoms with Crippen LogP contribution in [0.4, 0.5) is 4.39 Å². The van der Waals surface area contributed by atoms with Gasteiger partial charge in [0.2, 0.25) is 0 Å². The van der Waals surface area contributed by atoms with Crippen molar-refractivity contribution in [2.75, 3.05) is 0 Å². The summed E-state index contributed by atoms with van der Waals surface area (Å²) in [6, 6.07) is 8.17. The Morgan fingerprint density at radius 2 is 1.94 bits per heavy atom. The fourth-order valence-corrected chi connectivity index (χ4v) is 3.12. The molecule has 92 valence electrons. The Balaban J connectivity index is 1.95. The Morgan fingerprint density at radius 3 is 2.50 bits per heavy atom. The SMILES string of the molecule is O=C(O)C1(c2csc(-c3ccc(F)cc3)c2)CC1. The van der Waals surface area contributed by atoms with Gasteiger partial charge in [0.15, 0.2) is 0 Å². The molecule has 1 aromatic carbocycles. The molecule has 1 fully saturated rings. The van der Waals surface area contributed by atoms with Crippen LogP contribution in [-0.2, 0) is 10.2 Å². The molecule has 0 amide bonds. The average molecular weight is 262 g/mol. The van der Waals surface area contributed by atoms with Gasteiger partial charge in [-0.2, -0.15) is 0 Å². The molecular weight excluding hydrogens is 251 g/mol. The molecule has 0 spiro atoms. The van der Waals surface area contributed by atoms with E-state index in [9.17, 15) is 14.3 Å². The van der Waals surface area contributed by atoms with Crippen LogP contribution < -0.4 is 0 Å². The van der Waals surface area contributed by atoms with Gasteiger partial charge in [0.25, 0.3) is 0 Å². The first kappa shape index (κ1) is 11.4. The Hall–Kier alpha value is -1.68. The molecule has 1 saturated carbocycles. The van der Waals surface area contributed by atoms with E-state index in [2.05, 4.69) is 0 Å². The molecule has 1 N–H and O–H groups in total. The number of halogens is 1. The van der Waals surface area contributed by atoms with E-state index in [1.165, 1.54) is 23.5 Å². The monoisotopic (exact) mass is 262 g/mol. The highest BCUT2D eigenvalue weighted by atomic mass is 32.1. The predicted molar refractivity (Wildman–Crippen MR) is 68.3 cm³/mol. The first-order chi connectivity index (χ1) is 8.62. The maximum Gasteiger partial charge on any atom is 0.314 e. The van der Waals surface area contributed by atoms with Crippen molar-refractivity contribution in [3.63, 3.8) is 0 Å². The Morgan fingerprint density at radius 1 is 1.28 bits per heavy atom. The third kappa shape index (κ3) is 1.73. The quantitative estimate of drug-likeness (QED) is 0.916. The summed E-state index contributed by atoms with van der Waals surface area (Å²) < 4.78 is 12.8. The number of hydrogen-bond acceptors (Lipinski definition) is 2. The summed E-state index contributed by atoms with van der Waals surface area (Å²) in [5.41, 5.74) is 1.14. The van der Waals surface area contributed by atoms with Crippen LogP contribution in [0, 0.1) is 5.82 Å². The van der Waals surface area contributed by atoms with Crippen molar-refractivity contribution in [3.8, 4) is 10.4 Å². The standard InChI is InChI=1S/C14H11FO2S/c15-11-3-1-9(2-4-11)12-7-10(8-18-12)14(5-6-14)13(16)17/h1-4,7-8H,5-6H2,(H,16,17). The smallest absolute Gasteiger partial charge is 0.314 e. The van der Waals surface area contributed by atoms with Crippen LogP contribution in [0.15, 0.2) is 35.7 Å². The van der Waals surface area contributed by atoms with E-state index in [1.54, 1.807) is 12.1 Å². The molecule has 1 heterocycles. The number of carbonyl (C=O) groups is 1. The number of benzene rings is 1. The van der Waals surface area contributed by atoms with Crippen molar-refractivity contribution in [2.24, 2.45) is 0 Å². The van der Waals surface area contributed by atoms with Crippen LogP contribution in [-0.4, -0.2) is 11.1 Å². The molecule has 0 saturated heterocycles. The van der Waals surface area contributed by atoms with E-state index in [0.29, 0.717) is 12.8 Å². The fraction of sp³-hybridized carbons (Fsp3) is 0.214.